The number of rotatable bonds is 1. The van der Waals surface area contributed by atoms with Gasteiger partial charge in [0.2, 0.25) is 0 Å². The molecule has 1 atom stereocenters. The Morgan fingerprint density at radius 2 is 2.20 bits per heavy atom. The minimum absolute atomic E-state index is 0.0281. The molecule has 1 heteroatoms. The van der Waals surface area contributed by atoms with Crippen LogP contribution in [-0.2, 0) is 4.79 Å². The zero-order valence-electron chi connectivity index (χ0n) is 6.10. The molecule has 1 aliphatic rings. The van der Waals surface area contributed by atoms with Gasteiger partial charge in [0.25, 0.3) is 0 Å². The summed E-state index contributed by atoms with van der Waals surface area (Å²) in [6.45, 7) is 0. The Hall–Kier alpha value is -0.770. The average molecular weight is 136 g/mol. The second kappa shape index (κ2) is 4.11. The monoisotopic (exact) mass is 136 g/mol. The molecule has 0 saturated carbocycles. The molecule has 1 unspecified atom stereocenters. The molecule has 0 heterocycles. The van der Waals surface area contributed by atoms with E-state index < -0.39 is 0 Å². The Kier molecular flexibility index (Phi) is 3.02. The molecule has 0 aromatic rings. The SMILES string of the molecule is O=CC1C#CCCCCC1. The first-order chi connectivity index (χ1) is 4.93. The minimum Gasteiger partial charge on any atom is -0.302 e. The van der Waals surface area contributed by atoms with E-state index in [9.17, 15) is 4.79 Å². The fourth-order valence-corrected chi connectivity index (χ4v) is 1.13. The molecule has 0 radical (unpaired) electrons. The maximum Gasteiger partial charge on any atom is 0.134 e. The van der Waals surface area contributed by atoms with Crippen LogP contribution in [0.3, 0.4) is 0 Å². The van der Waals surface area contributed by atoms with Crippen molar-refractivity contribution in [2.75, 3.05) is 0 Å². The highest BCUT2D eigenvalue weighted by Gasteiger charge is 2.03. The first kappa shape index (κ1) is 7.34. The quantitative estimate of drug-likeness (QED) is 0.396. The summed E-state index contributed by atoms with van der Waals surface area (Å²) in [7, 11) is 0. The van der Waals surface area contributed by atoms with Gasteiger partial charge in [0, 0.05) is 6.42 Å². The summed E-state index contributed by atoms with van der Waals surface area (Å²) in [5.41, 5.74) is 0. The molecule has 1 rings (SSSR count). The van der Waals surface area contributed by atoms with E-state index in [1.165, 1.54) is 12.8 Å². The number of hydrogen-bond acceptors (Lipinski definition) is 1. The molecule has 0 aromatic carbocycles. The van der Waals surface area contributed by atoms with Crippen LogP contribution in [0.15, 0.2) is 0 Å². The number of carbonyl (C=O) groups is 1. The van der Waals surface area contributed by atoms with Crippen LogP contribution in [0.5, 0.6) is 0 Å². The number of hydrogen-bond donors (Lipinski definition) is 0. The molecule has 0 bridgehead atoms. The average Bonchev–Trinajstić information content (AvgIpc) is 1.87. The van der Waals surface area contributed by atoms with Crippen LogP contribution in [-0.4, -0.2) is 6.29 Å². The number of carbonyl (C=O) groups excluding carboxylic acids is 1. The molecule has 54 valence electrons. The van der Waals surface area contributed by atoms with Gasteiger partial charge in [-0.25, -0.2) is 0 Å². The van der Waals surface area contributed by atoms with E-state index >= 15 is 0 Å². The van der Waals surface area contributed by atoms with Crippen molar-refractivity contribution in [3.8, 4) is 11.8 Å². The lowest BCUT2D eigenvalue weighted by Gasteiger charge is -2.04. The van der Waals surface area contributed by atoms with Crippen molar-refractivity contribution in [3.05, 3.63) is 0 Å². The highest BCUT2D eigenvalue weighted by Crippen LogP contribution is 2.10. The minimum atomic E-state index is 0.0281. The van der Waals surface area contributed by atoms with Crippen molar-refractivity contribution >= 4 is 6.29 Å². The largest absolute Gasteiger partial charge is 0.302 e. The molecule has 0 fully saturated rings. The van der Waals surface area contributed by atoms with Crippen LogP contribution in [0.2, 0.25) is 0 Å². The van der Waals surface area contributed by atoms with Gasteiger partial charge in [0.1, 0.15) is 6.29 Å². The second-order valence-electron chi connectivity index (χ2n) is 2.66. The van der Waals surface area contributed by atoms with Gasteiger partial charge in [-0.15, -0.1) is 5.92 Å². The smallest absolute Gasteiger partial charge is 0.134 e. The molecule has 0 saturated heterocycles. The lowest BCUT2D eigenvalue weighted by Crippen LogP contribution is -1.99. The van der Waals surface area contributed by atoms with Crippen molar-refractivity contribution in [1.82, 2.24) is 0 Å². The molecule has 0 amide bonds. The van der Waals surface area contributed by atoms with Gasteiger partial charge in [0.15, 0.2) is 0 Å². The third-order valence-electron chi connectivity index (χ3n) is 1.77. The van der Waals surface area contributed by atoms with Gasteiger partial charge in [-0.05, 0) is 12.8 Å². The van der Waals surface area contributed by atoms with Gasteiger partial charge in [-0.2, -0.15) is 0 Å². The van der Waals surface area contributed by atoms with Gasteiger partial charge in [-0.3, -0.25) is 0 Å². The normalized spacial score (nSPS) is 25.4. The maximum atomic E-state index is 10.3. The molecule has 0 N–H and O–H groups in total. The molecule has 0 aliphatic heterocycles. The van der Waals surface area contributed by atoms with E-state index in [0.29, 0.717) is 0 Å². The fourth-order valence-electron chi connectivity index (χ4n) is 1.13. The van der Waals surface area contributed by atoms with Crippen molar-refractivity contribution in [1.29, 1.82) is 0 Å². The third kappa shape index (κ3) is 2.23. The summed E-state index contributed by atoms with van der Waals surface area (Å²) in [5, 5.41) is 0. The second-order valence-corrected chi connectivity index (χ2v) is 2.66. The Morgan fingerprint density at radius 3 is 3.00 bits per heavy atom. The van der Waals surface area contributed by atoms with Gasteiger partial charge < -0.3 is 4.79 Å². The van der Waals surface area contributed by atoms with Gasteiger partial charge >= 0.3 is 0 Å². The molecule has 0 aromatic heterocycles. The molecule has 1 nitrogen and oxygen atoms in total. The standard InChI is InChI=1S/C9H12O/c10-8-9-6-4-2-1-3-5-7-9/h8-9H,1-4,6H2. The zero-order chi connectivity index (χ0) is 7.23. The van der Waals surface area contributed by atoms with E-state index in [-0.39, 0.29) is 5.92 Å². The van der Waals surface area contributed by atoms with Crippen LogP contribution in [0.25, 0.3) is 0 Å². The van der Waals surface area contributed by atoms with Crippen LogP contribution < -0.4 is 0 Å². The summed E-state index contributed by atoms with van der Waals surface area (Å²) in [6, 6.07) is 0. The Labute approximate surface area is 61.8 Å². The predicted molar refractivity (Wildman–Crippen MR) is 40.4 cm³/mol. The summed E-state index contributed by atoms with van der Waals surface area (Å²) >= 11 is 0. The maximum absolute atomic E-state index is 10.3. The summed E-state index contributed by atoms with van der Waals surface area (Å²) in [4.78, 5) is 10.3. The van der Waals surface area contributed by atoms with E-state index in [4.69, 9.17) is 0 Å². The highest BCUT2D eigenvalue weighted by atomic mass is 16.1. The fraction of sp³-hybridized carbons (Fsp3) is 0.667. The summed E-state index contributed by atoms with van der Waals surface area (Å²) < 4.78 is 0. The molecule has 1 aliphatic carbocycles. The van der Waals surface area contributed by atoms with Gasteiger partial charge in [0.05, 0.1) is 5.92 Å². The predicted octanol–water partition coefficient (Wildman–Crippen LogP) is 1.77. The van der Waals surface area contributed by atoms with Crippen LogP contribution in [0.1, 0.15) is 32.1 Å². The van der Waals surface area contributed by atoms with Crippen LogP contribution >= 0.6 is 0 Å². The van der Waals surface area contributed by atoms with Crippen LogP contribution in [0, 0.1) is 17.8 Å². The van der Waals surface area contributed by atoms with Crippen LogP contribution in [0.4, 0.5) is 0 Å². The van der Waals surface area contributed by atoms with E-state index in [1.54, 1.807) is 0 Å². The lowest BCUT2D eigenvalue weighted by molar-refractivity contribution is -0.109. The lowest BCUT2D eigenvalue weighted by atomic mass is 10.00. The van der Waals surface area contributed by atoms with E-state index in [0.717, 1.165) is 25.5 Å². The van der Waals surface area contributed by atoms with Gasteiger partial charge in [-0.1, -0.05) is 18.8 Å². The Morgan fingerprint density at radius 1 is 1.30 bits per heavy atom. The van der Waals surface area contributed by atoms with Crippen molar-refractivity contribution in [2.45, 2.75) is 32.1 Å². The molecular weight excluding hydrogens is 124 g/mol. The van der Waals surface area contributed by atoms with Crippen molar-refractivity contribution in [2.24, 2.45) is 5.92 Å². The highest BCUT2D eigenvalue weighted by molar-refractivity contribution is 5.58. The topological polar surface area (TPSA) is 17.1 Å². The summed E-state index contributed by atoms with van der Waals surface area (Å²) in [6.07, 6.45) is 6.52. The van der Waals surface area contributed by atoms with Crippen molar-refractivity contribution in [3.63, 3.8) is 0 Å². The van der Waals surface area contributed by atoms with Crippen molar-refractivity contribution < 1.29 is 4.79 Å². The molecular formula is C9H12O. The first-order valence-electron chi connectivity index (χ1n) is 3.87. The van der Waals surface area contributed by atoms with E-state index in [2.05, 4.69) is 11.8 Å². The first-order valence-corrected chi connectivity index (χ1v) is 3.87. The van der Waals surface area contributed by atoms with E-state index in [1.807, 2.05) is 0 Å². The Balaban J connectivity index is 2.46. The zero-order valence-corrected chi connectivity index (χ0v) is 6.10. The Bertz CT molecular complexity index is 161. The third-order valence-corrected chi connectivity index (χ3v) is 1.77. The molecule has 10 heavy (non-hydrogen) atoms. The summed E-state index contributed by atoms with van der Waals surface area (Å²) in [5.74, 6) is 5.99. The number of aldehydes is 1. The molecule has 0 spiro atoms.